The van der Waals surface area contributed by atoms with Crippen LogP contribution < -0.4 is 4.90 Å². The number of carbonyl (C=O) groups is 1. The van der Waals surface area contributed by atoms with Gasteiger partial charge in [0.1, 0.15) is 5.78 Å². The van der Waals surface area contributed by atoms with Crippen LogP contribution in [-0.2, 0) is 4.79 Å². The standard InChI is InChI=1S/C12H19NO/c14-12-9-3-5-10(12)11(6-4-9)13-7-1-2-8-13/h9-11H,1-8H2/p+1/t9-,10+,11-/m0/s1. The van der Waals surface area contributed by atoms with Crippen LogP contribution in [0.5, 0.6) is 0 Å². The molecule has 14 heavy (non-hydrogen) atoms. The van der Waals surface area contributed by atoms with E-state index in [0.29, 0.717) is 23.7 Å². The lowest BCUT2D eigenvalue weighted by molar-refractivity contribution is -0.917. The van der Waals surface area contributed by atoms with E-state index in [1.165, 1.54) is 51.6 Å². The summed E-state index contributed by atoms with van der Waals surface area (Å²) < 4.78 is 0. The van der Waals surface area contributed by atoms with Crippen LogP contribution in [0.3, 0.4) is 0 Å². The summed E-state index contributed by atoms with van der Waals surface area (Å²) >= 11 is 0. The highest BCUT2D eigenvalue weighted by Gasteiger charge is 2.47. The van der Waals surface area contributed by atoms with Gasteiger partial charge in [-0.2, -0.15) is 0 Å². The maximum atomic E-state index is 11.9. The molecule has 2 nitrogen and oxygen atoms in total. The molecule has 2 bridgehead atoms. The number of ketones is 1. The van der Waals surface area contributed by atoms with E-state index >= 15 is 0 Å². The smallest absolute Gasteiger partial charge is 0.144 e. The minimum atomic E-state index is 0.460. The van der Waals surface area contributed by atoms with Crippen molar-refractivity contribution in [1.82, 2.24) is 0 Å². The fourth-order valence-electron chi connectivity index (χ4n) is 3.92. The van der Waals surface area contributed by atoms with Gasteiger partial charge >= 0.3 is 0 Å². The molecule has 3 fully saturated rings. The van der Waals surface area contributed by atoms with Crippen molar-refractivity contribution in [2.24, 2.45) is 11.8 Å². The Labute approximate surface area is 85.7 Å². The van der Waals surface area contributed by atoms with Crippen molar-refractivity contribution >= 4 is 5.78 Å². The van der Waals surface area contributed by atoms with Crippen molar-refractivity contribution in [2.45, 2.75) is 44.6 Å². The minimum Gasteiger partial charge on any atom is -0.332 e. The van der Waals surface area contributed by atoms with E-state index in [9.17, 15) is 4.79 Å². The predicted molar refractivity (Wildman–Crippen MR) is 54.2 cm³/mol. The van der Waals surface area contributed by atoms with E-state index in [4.69, 9.17) is 0 Å². The van der Waals surface area contributed by atoms with Crippen molar-refractivity contribution in [3.05, 3.63) is 0 Å². The largest absolute Gasteiger partial charge is 0.332 e. The Kier molecular flexibility index (Phi) is 2.12. The zero-order valence-corrected chi connectivity index (χ0v) is 8.80. The third kappa shape index (κ3) is 1.23. The molecule has 0 aromatic heterocycles. The maximum absolute atomic E-state index is 11.9. The van der Waals surface area contributed by atoms with Crippen LogP contribution in [0.1, 0.15) is 38.5 Å². The first-order chi connectivity index (χ1) is 6.86. The molecule has 1 saturated heterocycles. The molecule has 0 aromatic carbocycles. The molecule has 1 heterocycles. The molecule has 0 spiro atoms. The van der Waals surface area contributed by atoms with Crippen LogP contribution in [0.4, 0.5) is 0 Å². The number of likely N-dealkylation sites (tertiary alicyclic amines) is 1. The molecule has 3 rings (SSSR count). The fraction of sp³-hybridized carbons (Fsp3) is 0.917. The Morgan fingerprint density at radius 2 is 1.71 bits per heavy atom. The van der Waals surface area contributed by atoms with Gasteiger partial charge in [-0.3, -0.25) is 4.79 Å². The summed E-state index contributed by atoms with van der Waals surface area (Å²) in [5, 5.41) is 0. The van der Waals surface area contributed by atoms with Crippen molar-refractivity contribution in [1.29, 1.82) is 0 Å². The zero-order chi connectivity index (χ0) is 9.54. The SMILES string of the molecule is O=C1[C@H]2CC[C@@H]1[C@@H]([NH+]1CCCC1)CC2. The molecule has 3 aliphatic rings. The van der Waals surface area contributed by atoms with Gasteiger partial charge < -0.3 is 4.90 Å². The van der Waals surface area contributed by atoms with Crippen molar-refractivity contribution in [3.8, 4) is 0 Å². The van der Waals surface area contributed by atoms with E-state index in [0.717, 1.165) is 0 Å². The van der Waals surface area contributed by atoms with Crippen LogP contribution in [0.15, 0.2) is 0 Å². The monoisotopic (exact) mass is 194 g/mol. The lowest BCUT2D eigenvalue weighted by atomic mass is 9.83. The molecule has 78 valence electrons. The maximum Gasteiger partial charge on any atom is 0.144 e. The quantitative estimate of drug-likeness (QED) is 0.642. The van der Waals surface area contributed by atoms with E-state index < -0.39 is 0 Å². The predicted octanol–water partition coefficient (Wildman–Crippen LogP) is 0.423. The first-order valence-electron chi connectivity index (χ1n) is 6.24. The van der Waals surface area contributed by atoms with Crippen molar-refractivity contribution in [3.63, 3.8) is 0 Å². The first-order valence-corrected chi connectivity index (χ1v) is 6.24. The molecule has 1 aliphatic heterocycles. The number of carbonyl (C=O) groups excluding carboxylic acids is 1. The second-order valence-corrected chi connectivity index (χ2v) is 5.33. The van der Waals surface area contributed by atoms with Crippen LogP contribution in [-0.4, -0.2) is 24.9 Å². The van der Waals surface area contributed by atoms with Gasteiger partial charge in [0.15, 0.2) is 0 Å². The van der Waals surface area contributed by atoms with Gasteiger partial charge in [0.2, 0.25) is 0 Å². The van der Waals surface area contributed by atoms with Crippen molar-refractivity contribution < 1.29 is 9.69 Å². The number of rotatable bonds is 1. The van der Waals surface area contributed by atoms with Gasteiger partial charge in [-0.1, -0.05) is 0 Å². The summed E-state index contributed by atoms with van der Waals surface area (Å²) in [5.74, 6) is 1.56. The average Bonchev–Trinajstić information content (AvgIpc) is 2.76. The van der Waals surface area contributed by atoms with E-state index in [1.54, 1.807) is 4.90 Å². The van der Waals surface area contributed by atoms with E-state index in [2.05, 4.69) is 0 Å². The molecule has 0 radical (unpaired) electrons. The highest BCUT2D eigenvalue weighted by molar-refractivity contribution is 5.86. The molecule has 2 heteroatoms. The van der Waals surface area contributed by atoms with Gasteiger partial charge in [0, 0.05) is 25.2 Å². The summed E-state index contributed by atoms with van der Waals surface area (Å²) in [7, 11) is 0. The second kappa shape index (κ2) is 3.34. The third-order valence-corrected chi connectivity index (χ3v) is 4.68. The Morgan fingerprint density at radius 3 is 2.50 bits per heavy atom. The van der Waals surface area contributed by atoms with Gasteiger partial charge in [-0.05, 0) is 19.3 Å². The molecule has 1 N–H and O–H groups in total. The number of hydrogen-bond acceptors (Lipinski definition) is 1. The molecule has 3 atom stereocenters. The molecular weight excluding hydrogens is 174 g/mol. The zero-order valence-electron chi connectivity index (χ0n) is 8.80. The Morgan fingerprint density at radius 1 is 1.00 bits per heavy atom. The van der Waals surface area contributed by atoms with Gasteiger partial charge in [-0.25, -0.2) is 0 Å². The highest BCUT2D eigenvalue weighted by atomic mass is 16.1. The second-order valence-electron chi connectivity index (χ2n) is 5.33. The number of Topliss-reactive ketones (excluding diaryl/α,β-unsaturated/α-hetero) is 1. The molecular formula is C12H20NO+. The summed E-state index contributed by atoms with van der Waals surface area (Å²) in [4.78, 5) is 13.7. The summed E-state index contributed by atoms with van der Waals surface area (Å²) in [6.07, 6.45) is 7.71. The van der Waals surface area contributed by atoms with Crippen LogP contribution >= 0.6 is 0 Å². The molecule has 0 amide bonds. The fourth-order valence-corrected chi connectivity index (χ4v) is 3.92. The average molecular weight is 194 g/mol. The van der Waals surface area contributed by atoms with Crippen molar-refractivity contribution in [2.75, 3.05) is 13.1 Å². The molecule has 0 unspecified atom stereocenters. The number of hydrogen-bond donors (Lipinski definition) is 1. The highest BCUT2D eigenvalue weighted by Crippen LogP contribution is 2.38. The summed E-state index contributed by atoms with van der Waals surface area (Å²) in [6.45, 7) is 2.66. The minimum absolute atomic E-state index is 0.460. The molecule has 0 aromatic rings. The summed E-state index contributed by atoms with van der Waals surface area (Å²) in [5.41, 5.74) is 0. The normalized spacial score (nSPS) is 43.4. The molecule has 2 saturated carbocycles. The lowest BCUT2D eigenvalue weighted by Gasteiger charge is -2.32. The molecule has 2 aliphatic carbocycles. The topological polar surface area (TPSA) is 21.5 Å². The third-order valence-electron chi connectivity index (χ3n) is 4.68. The van der Waals surface area contributed by atoms with Crippen LogP contribution in [0.2, 0.25) is 0 Å². The van der Waals surface area contributed by atoms with E-state index in [-0.39, 0.29) is 0 Å². The van der Waals surface area contributed by atoms with Gasteiger partial charge in [0.25, 0.3) is 0 Å². The number of fused-ring (bicyclic) bond motifs is 2. The Bertz CT molecular complexity index is 245. The number of nitrogens with one attached hydrogen (secondary N) is 1. The van der Waals surface area contributed by atoms with Gasteiger partial charge in [0.05, 0.1) is 25.0 Å². The first kappa shape index (κ1) is 8.90. The number of quaternary nitrogens is 1. The Balaban J connectivity index is 1.76. The van der Waals surface area contributed by atoms with Gasteiger partial charge in [-0.15, -0.1) is 0 Å². The summed E-state index contributed by atoms with van der Waals surface area (Å²) in [6, 6.07) is 0.712. The lowest BCUT2D eigenvalue weighted by Crippen LogP contribution is -3.15. The van der Waals surface area contributed by atoms with Crippen LogP contribution in [0, 0.1) is 11.8 Å². The van der Waals surface area contributed by atoms with Crippen LogP contribution in [0.25, 0.3) is 0 Å². The van der Waals surface area contributed by atoms with E-state index in [1.807, 2.05) is 0 Å². The Hall–Kier alpha value is -0.370.